The lowest BCUT2D eigenvalue weighted by atomic mass is 10.0. The van der Waals surface area contributed by atoms with Crippen LogP contribution >= 0.6 is 0 Å². The molecule has 1 aromatic heterocycles. The van der Waals surface area contributed by atoms with E-state index in [2.05, 4.69) is 36.0 Å². The molecule has 2 saturated heterocycles. The zero-order chi connectivity index (χ0) is 24.3. The summed E-state index contributed by atoms with van der Waals surface area (Å²) in [5.74, 6) is 0.0817. The number of likely N-dealkylation sites (tertiary alicyclic amines) is 1. The summed E-state index contributed by atoms with van der Waals surface area (Å²) in [5.41, 5.74) is 1.49. The topological polar surface area (TPSA) is 66.9 Å². The highest BCUT2D eigenvalue weighted by atomic mass is 19.1. The lowest BCUT2D eigenvalue weighted by molar-refractivity contribution is -0.127. The first-order valence-corrected chi connectivity index (χ1v) is 12.0. The number of halogens is 1. The number of morpholine rings is 1. The average molecular weight is 471 g/mol. The highest BCUT2D eigenvalue weighted by molar-refractivity contribution is 5.82. The Kier molecular flexibility index (Phi) is 7.38. The van der Waals surface area contributed by atoms with Crippen molar-refractivity contribution in [3.63, 3.8) is 0 Å². The number of nitrogens with one attached hydrogen (secondary N) is 1. The van der Waals surface area contributed by atoms with Gasteiger partial charge in [0.2, 0.25) is 11.8 Å². The zero-order valence-corrected chi connectivity index (χ0v) is 20.5. The molecule has 4 rings (SSSR count). The third-order valence-electron chi connectivity index (χ3n) is 6.60. The van der Waals surface area contributed by atoms with Gasteiger partial charge in [0.25, 0.3) is 0 Å². The summed E-state index contributed by atoms with van der Waals surface area (Å²) in [4.78, 5) is 21.5. The summed E-state index contributed by atoms with van der Waals surface area (Å²) >= 11 is 0. The number of benzene rings is 1. The highest BCUT2D eigenvalue weighted by Crippen LogP contribution is 2.30. The van der Waals surface area contributed by atoms with Gasteiger partial charge in [-0.3, -0.25) is 9.69 Å². The number of rotatable bonds is 6. The van der Waals surface area contributed by atoms with Gasteiger partial charge in [-0.2, -0.15) is 4.98 Å². The van der Waals surface area contributed by atoms with Gasteiger partial charge in [-0.1, -0.05) is 30.3 Å². The molecule has 184 valence electrons. The van der Waals surface area contributed by atoms with Gasteiger partial charge in [-0.15, -0.1) is 0 Å². The largest absolute Gasteiger partial charge is 0.481 e. The standard InChI is InChI=1S/C26H35FN4O3/c1-26(2,3)31-12-8-11-21(31)24(32)28-16-19-15-20(27)23(29-25(19)33-4)30-13-14-34-22(17-30)18-9-6-5-7-10-18/h5-7,9-10,15,21-22H,8,11-14,16-17H2,1-4H3,(H,28,32)/t21-,22?/m0/s1. The van der Waals surface area contributed by atoms with Crippen molar-refractivity contribution in [2.75, 3.05) is 38.3 Å². The van der Waals surface area contributed by atoms with E-state index in [9.17, 15) is 4.79 Å². The molecule has 3 heterocycles. The molecule has 7 nitrogen and oxygen atoms in total. The van der Waals surface area contributed by atoms with E-state index in [1.807, 2.05) is 35.2 Å². The van der Waals surface area contributed by atoms with Crippen LogP contribution in [0.2, 0.25) is 0 Å². The first kappa shape index (κ1) is 24.4. The van der Waals surface area contributed by atoms with E-state index in [0.29, 0.717) is 31.1 Å². The Morgan fingerprint density at radius 1 is 1.26 bits per heavy atom. The Labute approximate surface area is 201 Å². The van der Waals surface area contributed by atoms with E-state index in [0.717, 1.165) is 24.9 Å². The van der Waals surface area contributed by atoms with E-state index in [-0.39, 0.29) is 36.0 Å². The lowest BCUT2D eigenvalue weighted by Crippen LogP contribution is -2.51. The fraction of sp³-hybridized carbons (Fsp3) is 0.538. The van der Waals surface area contributed by atoms with Crippen molar-refractivity contribution in [3.8, 4) is 5.88 Å². The third-order valence-corrected chi connectivity index (χ3v) is 6.60. The van der Waals surface area contributed by atoms with Crippen LogP contribution < -0.4 is 15.0 Å². The Bertz CT molecular complexity index is 996. The van der Waals surface area contributed by atoms with Crippen molar-refractivity contribution in [3.05, 3.63) is 53.3 Å². The number of hydrogen-bond donors (Lipinski definition) is 1. The van der Waals surface area contributed by atoms with Crippen LogP contribution in [0.4, 0.5) is 10.2 Å². The molecule has 0 bridgehead atoms. The fourth-order valence-electron chi connectivity index (χ4n) is 4.88. The van der Waals surface area contributed by atoms with E-state index in [1.54, 1.807) is 0 Å². The molecule has 2 aromatic rings. The Balaban J connectivity index is 1.46. The van der Waals surface area contributed by atoms with Gasteiger partial charge in [0.1, 0.15) is 6.10 Å². The van der Waals surface area contributed by atoms with Crippen LogP contribution in [0.5, 0.6) is 5.88 Å². The maximum atomic E-state index is 15.2. The van der Waals surface area contributed by atoms with Gasteiger partial charge in [-0.05, 0) is 51.8 Å². The molecule has 1 amide bonds. The summed E-state index contributed by atoms with van der Waals surface area (Å²) in [6.45, 7) is 8.94. The van der Waals surface area contributed by atoms with Crippen LogP contribution in [0.1, 0.15) is 50.8 Å². The first-order valence-electron chi connectivity index (χ1n) is 12.0. The second kappa shape index (κ2) is 10.3. The van der Waals surface area contributed by atoms with Gasteiger partial charge < -0.3 is 19.7 Å². The molecule has 2 atom stereocenters. The fourth-order valence-corrected chi connectivity index (χ4v) is 4.88. The van der Waals surface area contributed by atoms with Gasteiger partial charge in [0, 0.05) is 30.7 Å². The SMILES string of the molecule is COc1nc(N2CCOC(c3ccccc3)C2)c(F)cc1CNC(=O)[C@@H]1CCCN1C(C)(C)C. The Hall–Kier alpha value is -2.71. The van der Waals surface area contributed by atoms with Crippen LogP contribution in [0.15, 0.2) is 36.4 Å². The molecule has 2 fully saturated rings. The predicted molar refractivity (Wildman–Crippen MR) is 129 cm³/mol. The van der Waals surface area contributed by atoms with Crippen molar-refractivity contribution in [2.24, 2.45) is 0 Å². The number of amides is 1. The van der Waals surface area contributed by atoms with E-state index in [1.165, 1.54) is 13.2 Å². The molecule has 0 spiro atoms. The first-order chi connectivity index (χ1) is 16.3. The van der Waals surface area contributed by atoms with Crippen molar-refractivity contribution in [2.45, 2.75) is 57.8 Å². The zero-order valence-electron chi connectivity index (χ0n) is 20.5. The minimum atomic E-state index is -0.434. The molecule has 0 aliphatic carbocycles. The number of pyridine rings is 1. The quantitative estimate of drug-likeness (QED) is 0.695. The number of ether oxygens (including phenoxy) is 2. The number of nitrogens with zero attached hydrogens (tertiary/aromatic N) is 3. The van der Waals surface area contributed by atoms with Crippen molar-refractivity contribution < 1.29 is 18.7 Å². The second-order valence-corrected chi connectivity index (χ2v) is 9.92. The van der Waals surface area contributed by atoms with Crippen LogP contribution in [0.25, 0.3) is 0 Å². The van der Waals surface area contributed by atoms with Crippen molar-refractivity contribution in [1.82, 2.24) is 15.2 Å². The maximum absolute atomic E-state index is 15.2. The van der Waals surface area contributed by atoms with Crippen LogP contribution in [0.3, 0.4) is 0 Å². The lowest BCUT2D eigenvalue weighted by Gasteiger charge is -2.36. The smallest absolute Gasteiger partial charge is 0.237 e. The van der Waals surface area contributed by atoms with Gasteiger partial charge >= 0.3 is 0 Å². The van der Waals surface area contributed by atoms with Crippen LogP contribution in [-0.4, -0.2) is 60.7 Å². The molecule has 2 aliphatic rings. The Morgan fingerprint density at radius 3 is 2.74 bits per heavy atom. The molecule has 34 heavy (non-hydrogen) atoms. The molecule has 1 N–H and O–H groups in total. The summed E-state index contributed by atoms with van der Waals surface area (Å²) < 4.78 is 26.6. The van der Waals surface area contributed by atoms with Gasteiger partial charge in [-0.25, -0.2) is 4.39 Å². The van der Waals surface area contributed by atoms with Crippen molar-refractivity contribution >= 4 is 11.7 Å². The number of carbonyl (C=O) groups excluding carboxylic acids is 1. The summed E-state index contributed by atoms with van der Waals surface area (Å²) in [6, 6.07) is 11.2. The number of aromatic nitrogens is 1. The minimum absolute atomic E-state index is 0.0437. The van der Waals surface area contributed by atoms with Gasteiger partial charge in [0.05, 0.1) is 19.8 Å². The predicted octanol–water partition coefficient (Wildman–Crippen LogP) is 3.69. The summed E-state index contributed by atoms with van der Waals surface area (Å²) in [5, 5.41) is 2.97. The summed E-state index contributed by atoms with van der Waals surface area (Å²) in [7, 11) is 1.51. The maximum Gasteiger partial charge on any atom is 0.237 e. The summed E-state index contributed by atoms with van der Waals surface area (Å²) in [6.07, 6.45) is 1.66. The molecule has 1 aromatic carbocycles. The molecular formula is C26H35FN4O3. The molecule has 1 unspecified atom stereocenters. The van der Waals surface area contributed by atoms with Gasteiger partial charge in [0.15, 0.2) is 11.6 Å². The number of hydrogen-bond acceptors (Lipinski definition) is 6. The van der Waals surface area contributed by atoms with Crippen LogP contribution in [-0.2, 0) is 16.1 Å². The van der Waals surface area contributed by atoms with Crippen LogP contribution in [0, 0.1) is 5.82 Å². The monoisotopic (exact) mass is 470 g/mol. The number of carbonyl (C=O) groups is 1. The minimum Gasteiger partial charge on any atom is -0.481 e. The molecule has 8 heteroatoms. The Morgan fingerprint density at radius 2 is 2.03 bits per heavy atom. The van der Waals surface area contributed by atoms with E-state index >= 15 is 4.39 Å². The molecule has 0 saturated carbocycles. The average Bonchev–Trinajstić information content (AvgIpc) is 3.34. The normalized spacial score (nSPS) is 21.5. The molecular weight excluding hydrogens is 435 g/mol. The second-order valence-electron chi connectivity index (χ2n) is 9.92. The van der Waals surface area contributed by atoms with E-state index < -0.39 is 5.82 Å². The molecule has 0 radical (unpaired) electrons. The number of methoxy groups -OCH3 is 1. The third kappa shape index (κ3) is 5.33. The highest BCUT2D eigenvalue weighted by Gasteiger charge is 2.37. The number of anilines is 1. The van der Waals surface area contributed by atoms with Crippen molar-refractivity contribution in [1.29, 1.82) is 0 Å². The van der Waals surface area contributed by atoms with E-state index in [4.69, 9.17) is 9.47 Å². The molecule has 2 aliphatic heterocycles.